The minimum Gasteiger partial charge on any atom is -0.394 e. The van der Waals surface area contributed by atoms with Crippen LogP contribution in [0.5, 0.6) is 0 Å². The predicted octanol–water partition coefficient (Wildman–Crippen LogP) is -4.88. The Balaban J connectivity index is 2.11. The Morgan fingerprint density at radius 1 is 0.889 bits per heavy atom. The lowest BCUT2D eigenvalue weighted by atomic mass is 9.96. The molecule has 0 aliphatic carbocycles. The van der Waals surface area contributed by atoms with E-state index in [9.17, 15) is 40.5 Å². The van der Waals surface area contributed by atoms with Gasteiger partial charge in [-0.3, -0.25) is 4.79 Å². The number of rotatable bonds is 6. The Morgan fingerprint density at radius 2 is 1.52 bits per heavy atom. The summed E-state index contributed by atoms with van der Waals surface area (Å²) in [7, 11) is 0. The van der Waals surface area contributed by atoms with Crippen LogP contribution in [0.2, 0.25) is 0 Å². The number of nitrogens with one attached hydrogen (secondary N) is 1. The van der Waals surface area contributed by atoms with Crippen LogP contribution in [0.1, 0.15) is 0 Å². The molecule has 0 spiro atoms. The molecule has 2 fully saturated rings. The maximum atomic E-state index is 11.5. The number of carbonyl (C=O) groups excluding carboxylic acids is 1. The highest BCUT2D eigenvalue weighted by atomic mass is 79.9. The van der Waals surface area contributed by atoms with Gasteiger partial charge in [-0.2, -0.15) is 0 Å². The molecule has 158 valence electrons. The first kappa shape index (κ1) is 22.8. The van der Waals surface area contributed by atoms with E-state index in [0.717, 1.165) is 0 Å². The second-order valence-corrected chi connectivity index (χ2v) is 6.82. The van der Waals surface area contributed by atoms with Gasteiger partial charge >= 0.3 is 0 Å². The van der Waals surface area contributed by atoms with Crippen LogP contribution in [0.25, 0.3) is 0 Å². The van der Waals surface area contributed by atoms with Crippen molar-refractivity contribution in [2.45, 2.75) is 61.3 Å². The second kappa shape index (κ2) is 9.84. The van der Waals surface area contributed by atoms with Gasteiger partial charge in [0.05, 0.1) is 18.5 Å². The van der Waals surface area contributed by atoms with Crippen molar-refractivity contribution in [2.75, 3.05) is 18.5 Å². The van der Waals surface area contributed by atoms with E-state index in [-0.39, 0.29) is 5.33 Å². The molecule has 2 saturated heterocycles. The molecule has 2 aliphatic heterocycles. The van der Waals surface area contributed by atoms with Crippen molar-refractivity contribution < 1.29 is 54.8 Å². The molecule has 6 unspecified atom stereocenters. The molecular weight excluding hydrogens is 438 g/mol. The molecule has 10 atom stereocenters. The Bertz CT molecular complexity index is 496. The van der Waals surface area contributed by atoms with Crippen LogP contribution in [0.4, 0.5) is 0 Å². The van der Waals surface area contributed by atoms with Crippen LogP contribution in [0.3, 0.4) is 0 Å². The maximum Gasteiger partial charge on any atom is 0.232 e. The van der Waals surface area contributed by atoms with Crippen molar-refractivity contribution in [3.8, 4) is 0 Å². The van der Waals surface area contributed by atoms with Gasteiger partial charge in [-0.1, -0.05) is 15.9 Å². The largest absolute Gasteiger partial charge is 0.394 e. The summed E-state index contributed by atoms with van der Waals surface area (Å²) < 4.78 is 15.9. The first-order chi connectivity index (χ1) is 12.7. The van der Waals surface area contributed by atoms with Gasteiger partial charge in [0.2, 0.25) is 5.91 Å². The molecule has 0 aromatic rings. The fourth-order valence-electron chi connectivity index (χ4n) is 2.91. The molecule has 13 heteroatoms. The molecule has 8 N–H and O–H groups in total. The van der Waals surface area contributed by atoms with Crippen LogP contribution in [-0.4, -0.2) is 122 Å². The van der Waals surface area contributed by atoms with Gasteiger partial charge in [-0.15, -0.1) is 0 Å². The summed E-state index contributed by atoms with van der Waals surface area (Å²) in [6, 6.07) is 0. The lowest BCUT2D eigenvalue weighted by Crippen LogP contribution is -2.66. The zero-order chi connectivity index (χ0) is 20.3. The first-order valence-electron chi connectivity index (χ1n) is 8.18. The zero-order valence-corrected chi connectivity index (χ0v) is 15.6. The van der Waals surface area contributed by atoms with Crippen LogP contribution in [0, 0.1) is 0 Å². The van der Waals surface area contributed by atoms with Crippen LogP contribution in [-0.2, 0) is 19.0 Å². The number of amides is 1. The van der Waals surface area contributed by atoms with Crippen LogP contribution >= 0.6 is 15.9 Å². The monoisotopic (exact) mass is 461 g/mol. The molecule has 12 nitrogen and oxygen atoms in total. The van der Waals surface area contributed by atoms with Crippen molar-refractivity contribution >= 4 is 21.8 Å². The van der Waals surface area contributed by atoms with E-state index >= 15 is 0 Å². The summed E-state index contributed by atoms with van der Waals surface area (Å²) in [5.41, 5.74) is 0. The van der Waals surface area contributed by atoms with E-state index in [1.54, 1.807) is 0 Å². The minimum atomic E-state index is -1.74. The number of halogens is 1. The van der Waals surface area contributed by atoms with E-state index in [1.165, 1.54) is 0 Å². The van der Waals surface area contributed by atoms with Gasteiger partial charge in [0.1, 0.15) is 48.8 Å². The summed E-state index contributed by atoms with van der Waals surface area (Å²) in [6.45, 7) is -1.35. The van der Waals surface area contributed by atoms with Crippen molar-refractivity contribution in [1.82, 2.24) is 5.32 Å². The summed E-state index contributed by atoms with van der Waals surface area (Å²) in [6.07, 6.45) is -15.1. The first-order valence-corrected chi connectivity index (χ1v) is 9.31. The van der Waals surface area contributed by atoms with E-state index < -0.39 is 80.5 Å². The second-order valence-electron chi connectivity index (χ2n) is 6.26. The Labute approximate surface area is 162 Å². The normalized spacial score (nSPS) is 45.5. The molecule has 1 amide bonds. The third-order valence-electron chi connectivity index (χ3n) is 4.43. The van der Waals surface area contributed by atoms with Gasteiger partial charge in [0, 0.05) is 0 Å². The Kier molecular flexibility index (Phi) is 8.33. The standard InChI is InChI=1S/C14H24BrNO11/c15-1-6(19)16-13-10(23)9(22)12(5(3-18)25-13)27-14-11(24)8(21)7(20)4(2-17)26-14/h4-5,7-14,17-18,20-24H,1-3H2,(H,16,19)/t4?,5?,7-,8?,9?,10?,11?,12-,13-,14-/m1/s1. The topological polar surface area (TPSA) is 198 Å². The third-order valence-corrected chi connectivity index (χ3v) is 4.94. The molecule has 2 heterocycles. The highest BCUT2D eigenvalue weighted by molar-refractivity contribution is 9.09. The van der Waals surface area contributed by atoms with Gasteiger partial charge in [0.25, 0.3) is 0 Å². The van der Waals surface area contributed by atoms with Gasteiger partial charge < -0.3 is 55.3 Å². The van der Waals surface area contributed by atoms with E-state index in [2.05, 4.69) is 21.2 Å². The van der Waals surface area contributed by atoms with E-state index in [0.29, 0.717) is 0 Å². The van der Waals surface area contributed by atoms with Gasteiger partial charge in [-0.05, 0) is 0 Å². The highest BCUT2D eigenvalue weighted by Gasteiger charge is 2.50. The molecule has 0 aromatic carbocycles. The number of aliphatic hydroxyl groups excluding tert-OH is 7. The molecule has 0 bridgehead atoms. The summed E-state index contributed by atoms with van der Waals surface area (Å²) in [5, 5.41) is 71.0. The molecule has 27 heavy (non-hydrogen) atoms. The minimum absolute atomic E-state index is 0.0791. The SMILES string of the molecule is O=C(CBr)N[C@@H]1OC(CO)[C@@H](O[C@H]2OC(CO)[C@@H](O)C(O)C2O)C(O)C1O. The van der Waals surface area contributed by atoms with Crippen LogP contribution in [0.15, 0.2) is 0 Å². The van der Waals surface area contributed by atoms with E-state index in [1.807, 2.05) is 0 Å². The molecule has 0 saturated carbocycles. The number of ether oxygens (including phenoxy) is 3. The Hall–Kier alpha value is -0.450. The number of alkyl halides is 1. The van der Waals surface area contributed by atoms with Crippen molar-refractivity contribution in [3.63, 3.8) is 0 Å². The third kappa shape index (κ3) is 4.94. The summed E-state index contributed by atoms with van der Waals surface area (Å²) in [4.78, 5) is 11.5. The zero-order valence-electron chi connectivity index (χ0n) is 14.0. The maximum absolute atomic E-state index is 11.5. The fourth-order valence-corrected chi connectivity index (χ4v) is 3.07. The van der Waals surface area contributed by atoms with Crippen molar-refractivity contribution in [2.24, 2.45) is 0 Å². The summed E-state index contributed by atoms with van der Waals surface area (Å²) >= 11 is 2.92. The quantitative estimate of drug-likeness (QED) is 0.176. The summed E-state index contributed by atoms with van der Waals surface area (Å²) in [5.74, 6) is -0.531. The number of aliphatic hydroxyl groups is 7. The van der Waals surface area contributed by atoms with Crippen molar-refractivity contribution in [3.05, 3.63) is 0 Å². The fraction of sp³-hybridized carbons (Fsp3) is 0.929. The number of hydrogen-bond acceptors (Lipinski definition) is 11. The molecule has 2 aliphatic rings. The number of hydrogen-bond donors (Lipinski definition) is 8. The average molecular weight is 462 g/mol. The molecule has 2 rings (SSSR count). The average Bonchev–Trinajstić information content (AvgIpc) is 2.67. The predicted molar refractivity (Wildman–Crippen MR) is 88.3 cm³/mol. The highest BCUT2D eigenvalue weighted by Crippen LogP contribution is 2.28. The molecule has 0 aromatic heterocycles. The number of carbonyl (C=O) groups is 1. The van der Waals surface area contributed by atoms with Crippen molar-refractivity contribution in [1.29, 1.82) is 0 Å². The van der Waals surface area contributed by atoms with Gasteiger partial charge in [0.15, 0.2) is 12.5 Å². The smallest absolute Gasteiger partial charge is 0.232 e. The molecular formula is C14H24BrNO11. The Morgan fingerprint density at radius 3 is 2.07 bits per heavy atom. The van der Waals surface area contributed by atoms with E-state index in [4.69, 9.17) is 14.2 Å². The van der Waals surface area contributed by atoms with Crippen LogP contribution < -0.4 is 5.32 Å². The lowest BCUT2D eigenvalue weighted by Gasteiger charge is -2.46. The lowest BCUT2D eigenvalue weighted by molar-refractivity contribution is -0.343. The van der Waals surface area contributed by atoms with Gasteiger partial charge in [-0.25, -0.2) is 0 Å². The molecule has 0 radical (unpaired) electrons.